The number of carbonyl (C=O) groups is 2. The summed E-state index contributed by atoms with van der Waals surface area (Å²) in [5.41, 5.74) is 0. The third-order valence-corrected chi connectivity index (χ3v) is 3.98. The van der Waals surface area contributed by atoms with Crippen molar-refractivity contribution in [1.29, 1.82) is 0 Å². The predicted octanol–water partition coefficient (Wildman–Crippen LogP) is 5.77. The van der Waals surface area contributed by atoms with Crippen molar-refractivity contribution >= 4 is 22.8 Å². The Morgan fingerprint density at radius 2 is 1.45 bits per heavy atom. The maximum absolute atomic E-state index is 11.9. The second-order valence-electron chi connectivity index (χ2n) is 6.02. The van der Waals surface area contributed by atoms with Gasteiger partial charge in [0.25, 0.3) is 0 Å². The molecule has 0 aromatic heterocycles. The fourth-order valence-corrected chi connectivity index (χ4v) is 2.65. The molecule has 0 aromatic carbocycles. The molecule has 0 radical (unpaired) electrons. The molecular formula is C18H33ClO3. The van der Waals surface area contributed by atoms with Crippen LogP contribution in [0.1, 0.15) is 97.3 Å². The summed E-state index contributed by atoms with van der Waals surface area (Å²) in [5, 5.41) is -0.273. The third-order valence-electron chi connectivity index (χ3n) is 3.79. The Bertz CT molecular complexity index is 292. The molecule has 0 saturated carbocycles. The van der Waals surface area contributed by atoms with Crippen LogP contribution in [-0.4, -0.2) is 17.3 Å². The molecule has 0 aromatic rings. The van der Waals surface area contributed by atoms with Gasteiger partial charge in [0.15, 0.2) is 0 Å². The van der Waals surface area contributed by atoms with E-state index in [1.165, 1.54) is 19.3 Å². The van der Waals surface area contributed by atoms with Crippen LogP contribution < -0.4 is 0 Å². The average molecular weight is 333 g/mol. The monoisotopic (exact) mass is 332 g/mol. The highest BCUT2D eigenvalue weighted by Gasteiger charge is 2.13. The zero-order chi connectivity index (χ0) is 16.6. The number of hydrogen-bond donors (Lipinski definition) is 0. The number of esters is 1. The second kappa shape index (κ2) is 15.3. The third kappa shape index (κ3) is 14.4. The van der Waals surface area contributed by atoms with E-state index in [4.69, 9.17) is 16.3 Å². The molecule has 4 heteroatoms. The summed E-state index contributed by atoms with van der Waals surface area (Å²) in [6.45, 7) is 4.33. The van der Waals surface area contributed by atoms with Crippen LogP contribution in [0.4, 0.5) is 0 Å². The molecule has 0 aliphatic carbocycles. The molecule has 0 N–H and O–H groups in total. The molecule has 0 amide bonds. The molecule has 1 atom stereocenters. The quantitative estimate of drug-likeness (QED) is 0.217. The van der Waals surface area contributed by atoms with Crippen LogP contribution in [0.25, 0.3) is 0 Å². The van der Waals surface area contributed by atoms with Gasteiger partial charge >= 0.3 is 5.97 Å². The first-order valence-electron chi connectivity index (χ1n) is 8.97. The van der Waals surface area contributed by atoms with E-state index in [1.807, 2.05) is 0 Å². The van der Waals surface area contributed by atoms with Crippen LogP contribution in [0.15, 0.2) is 0 Å². The number of unbranched alkanes of at least 4 members (excludes halogenated alkanes) is 6. The van der Waals surface area contributed by atoms with Gasteiger partial charge in [-0.25, -0.2) is 0 Å². The van der Waals surface area contributed by atoms with Gasteiger partial charge in [-0.15, -0.1) is 0 Å². The first-order chi connectivity index (χ1) is 10.6. The van der Waals surface area contributed by atoms with E-state index in [1.54, 1.807) is 0 Å². The SMILES string of the molecule is CCCCCCC(CCC)OC(=O)CCCCCCC(=O)Cl. The van der Waals surface area contributed by atoms with Crippen LogP contribution in [-0.2, 0) is 14.3 Å². The Balaban J connectivity index is 3.71. The largest absolute Gasteiger partial charge is 0.462 e. The Morgan fingerprint density at radius 1 is 0.818 bits per heavy atom. The van der Waals surface area contributed by atoms with Crippen LogP contribution in [0.3, 0.4) is 0 Å². The summed E-state index contributed by atoms with van der Waals surface area (Å²) >= 11 is 5.28. The van der Waals surface area contributed by atoms with Crippen molar-refractivity contribution < 1.29 is 14.3 Å². The van der Waals surface area contributed by atoms with Crippen LogP contribution >= 0.6 is 11.6 Å². The van der Waals surface area contributed by atoms with Crippen molar-refractivity contribution in [1.82, 2.24) is 0 Å². The van der Waals surface area contributed by atoms with E-state index in [2.05, 4.69) is 13.8 Å². The molecule has 0 aliphatic heterocycles. The molecule has 0 heterocycles. The van der Waals surface area contributed by atoms with Crippen molar-refractivity contribution in [3.8, 4) is 0 Å². The molecule has 0 aliphatic rings. The maximum atomic E-state index is 11.9. The number of rotatable bonds is 15. The molecule has 22 heavy (non-hydrogen) atoms. The van der Waals surface area contributed by atoms with E-state index in [-0.39, 0.29) is 17.3 Å². The summed E-state index contributed by atoms with van der Waals surface area (Å²) < 4.78 is 5.60. The molecule has 0 bridgehead atoms. The minimum atomic E-state index is -0.273. The van der Waals surface area contributed by atoms with Gasteiger partial charge in [0, 0.05) is 12.8 Å². The predicted molar refractivity (Wildman–Crippen MR) is 92.1 cm³/mol. The fraction of sp³-hybridized carbons (Fsp3) is 0.889. The fourth-order valence-electron chi connectivity index (χ4n) is 2.51. The van der Waals surface area contributed by atoms with E-state index >= 15 is 0 Å². The van der Waals surface area contributed by atoms with Crippen LogP contribution in [0.2, 0.25) is 0 Å². The van der Waals surface area contributed by atoms with Crippen molar-refractivity contribution in [2.45, 2.75) is 103 Å². The Kier molecular flexibility index (Phi) is 14.9. The first kappa shape index (κ1) is 21.4. The van der Waals surface area contributed by atoms with E-state index in [0.717, 1.165) is 51.4 Å². The highest BCUT2D eigenvalue weighted by molar-refractivity contribution is 6.63. The summed E-state index contributed by atoms with van der Waals surface area (Å²) in [6, 6.07) is 0. The van der Waals surface area contributed by atoms with Crippen LogP contribution in [0.5, 0.6) is 0 Å². The van der Waals surface area contributed by atoms with Crippen LogP contribution in [0, 0.1) is 0 Å². The lowest BCUT2D eigenvalue weighted by molar-refractivity contribution is -0.150. The molecule has 0 fully saturated rings. The number of ether oxygens (including phenoxy) is 1. The Hall–Kier alpha value is -0.570. The summed E-state index contributed by atoms with van der Waals surface area (Å²) in [4.78, 5) is 22.4. The molecule has 0 rings (SSSR count). The smallest absolute Gasteiger partial charge is 0.306 e. The van der Waals surface area contributed by atoms with Gasteiger partial charge in [0.1, 0.15) is 6.10 Å². The van der Waals surface area contributed by atoms with Gasteiger partial charge in [-0.2, -0.15) is 0 Å². The number of carbonyl (C=O) groups excluding carboxylic acids is 2. The molecule has 0 saturated heterocycles. The second-order valence-corrected chi connectivity index (χ2v) is 6.44. The molecule has 3 nitrogen and oxygen atoms in total. The van der Waals surface area contributed by atoms with E-state index in [0.29, 0.717) is 12.8 Å². The highest BCUT2D eigenvalue weighted by Crippen LogP contribution is 2.15. The maximum Gasteiger partial charge on any atom is 0.306 e. The van der Waals surface area contributed by atoms with Gasteiger partial charge in [0.05, 0.1) is 0 Å². The van der Waals surface area contributed by atoms with Gasteiger partial charge < -0.3 is 4.74 Å². The van der Waals surface area contributed by atoms with Gasteiger partial charge in [-0.05, 0) is 43.7 Å². The van der Waals surface area contributed by atoms with Crippen molar-refractivity contribution in [3.63, 3.8) is 0 Å². The number of halogens is 1. The van der Waals surface area contributed by atoms with Gasteiger partial charge in [-0.1, -0.05) is 52.4 Å². The minimum Gasteiger partial charge on any atom is -0.462 e. The highest BCUT2D eigenvalue weighted by atomic mass is 35.5. The molecule has 0 spiro atoms. The van der Waals surface area contributed by atoms with Crippen molar-refractivity contribution in [2.24, 2.45) is 0 Å². The lowest BCUT2D eigenvalue weighted by Gasteiger charge is -2.17. The van der Waals surface area contributed by atoms with Crippen molar-refractivity contribution in [3.05, 3.63) is 0 Å². The van der Waals surface area contributed by atoms with E-state index in [9.17, 15) is 9.59 Å². The minimum absolute atomic E-state index is 0.0673. The average Bonchev–Trinajstić information content (AvgIpc) is 2.47. The normalized spacial score (nSPS) is 12.1. The Morgan fingerprint density at radius 3 is 2.05 bits per heavy atom. The molecule has 1 unspecified atom stereocenters. The summed E-state index contributed by atoms with van der Waals surface area (Å²) in [5.74, 6) is -0.0673. The lowest BCUT2D eigenvalue weighted by Crippen LogP contribution is -2.18. The topological polar surface area (TPSA) is 43.4 Å². The number of hydrogen-bond acceptors (Lipinski definition) is 3. The van der Waals surface area contributed by atoms with Gasteiger partial charge in [0.2, 0.25) is 5.24 Å². The standard InChI is InChI=1S/C18H33ClO3/c1-3-5-6-9-13-16(12-4-2)22-18(21)15-11-8-7-10-14-17(19)20/h16H,3-15H2,1-2H3. The lowest BCUT2D eigenvalue weighted by atomic mass is 10.1. The summed E-state index contributed by atoms with van der Waals surface area (Å²) in [7, 11) is 0. The molecular weight excluding hydrogens is 300 g/mol. The first-order valence-corrected chi connectivity index (χ1v) is 9.35. The van der Waals surface area contributed by atoms with E-state index < -0.39 is 0 Å². The summed E-state index contributed by atoms with van der Waals surface area (Å²) in [6.07, 6.45) is 12.5. The zero-order valence-corrected chi connectivity index (χ0v) is 15.1. The zero-order valence-electron chi connectivity index (χ0n) is 14.4. The van der Waals surface area contributed by atoms with Crippen molar-refractivity contribution in [2.75, 3.05) is 0 Å². The van der Waals surface area contributed by atoms with Gasteiger partial charge in [-0.3, -0.25) is 9.59 Å². The Labute approximate surface area is 141 Å². The molecule has 130 valence electrons.